The minimum atomic E-state index is -4.18. The molecule has 0 fully saturated rings. The molecule has 1 heterocycles. The zero-order valence-electron chi connectivity index (χ0n) is 15.2. The van der Waals surface area contributed by atoms with Crippen LogP contribution < -0.4 is 10.1 Å². The van der Waals surface area contributed by atoms with Crippen molar-refractivity contribution in [3.8, 4) is 5.75 Å². The molecule has 29 heavy (non-hydrogen) atoms. The average Bonchev–Trinajstić information content (AvgIpc) is 3.06. The molecule has 0 unspecified atom stereocenters. The van der Waals surface area contributed by atoms with Crippen LogP contribution in [0.15, 0.2) is 48.7 Å². The van der Waals surface area contributed by atoms with Gasteiger partial charge in [-0.05, 0) is 54.4 Å². The second kappa shape index (κ2) is 9.93. The monoisotopic (exact) mass is 434 g/mol. The Morgan fingerprint density at radius 1 is 1.10 bits per heavy atom. The number of ether oxygens (including phenoxy) is 1. The lowest BCUT2D eigenvalue weighted by Crippen LogP contribution is -2.33. The van der Waals surface area contributed by atoms with Gasteiger partial charge in [0, 0.05) is 23.6 Å². The largest absolute Gasteiger partial charge is 0.487 e. The third-order valence-electron chi connectivity index (χ3n) is 4.28. The Bertz CT molecular complexity index is 932. The summed E-state index contributed by atoms with van der Waals surface area (Å²) in [5.41, 5.74) is 2.56. The Morgan fingerprint density at radius 2 is 1.90 bits per heavy atom. The number of rotatable bonds is 9. The molecule has 0 saturated carbocycles. The molecule has 1 aromatic heterocycles. The van der Waals surface area contributed by atoms with Crippen LogP contribution in [-0.4, -0.2) is 30.5 Å². The topological polar surface area (TPSA) is 37.0 Å². The van der Waals surface area contributed by atoms with Gasteiger partial charge in [0.25, 0.3) is 0 Å². The van der Waals surface area contributed by atoms with E-state index in [9.17, 15) is 22.0 Å². The van der Waals surface area contributed by atoms with Gasteiger partial charge in [-0.3, -0.25) is 0 Å². The van der Waals surface area contributed by atoms with E-state index in [4.69, 9.17) is 4.74 Å². The maximum atomic E-state index is 13.2. The van der Waals surface area contributed by atoms with Crippen LogP contribution in [0, 0.1) is 5.82 Å². The predicted octanol–water partition coefficient (Wildman–Crippen LogP) is 5.34. The first-order valence-corrected chi connectivity index (χ1v) is 8.69. The molecule has 0 amide bonds. The molecule has 2 aromatic carbocycles. The highest BCUT2D eigenvalue weighted by Crippen LogP contribution is 2.24. The van der Waals surface area contributed by atoms with Gasteiger partial charge in [0.05, 0.1) is 0 Å². The summed E-state index contributed by atoms with van der Waals surface area (Å²) in [6.45, 7) is -0.277. The molecular weight excluding hydrogens is 415 g/mol. The summed E-state index contributed by atoms with van der Waals surface area (Å²) in [5, 5.41) is 4.18. The number of hydrogen-bond acceptors (Lipinski definition) is 2. The molecule has 9 heteroatoms. The first-order valence-electron chi connectivity index (χ1n) is 8.69. The highest BCUT2D eigenvalue weighted by Gasteiger charge is 2.41. The second-order valence-electron chi connectivity index (χ2n) is 6.43. The fraction of sp³-hybridized carbons (Fsp3) is 0.300. The Kier molecular flexibility index (Phi) is 7.87. The molecule has 0 radical (unpaired) electrons. The fourth-order valence-electron chi connectivity index (χ4n) is 2.81. The van der Waals surface area contributed by atoms with Gasteiger partial charge in [-0.15, -0.1) is 12.4 Å². The van der Waals surface area contributed by atoms with Crippen molar-refractivity contribution in [3.05, 3.63) is 65.6 Å². The number of aromatic nitrogens is 1. The van der Waals surface area contributed by atoms with Crippen molar-refractivity contribution in [1.29, 1.82) is 0 Å². The van der Waals surface area contributed by atoms with Crippen LogP contribution in [-0.2, 0) is 13.0 Å². The quantitative estimate of drug-likeness (QED) is 0.352. The molecular formula is C20H20ClF5N2O. The van der Waals surface area contributed by atoms with Gasteiger partial charge < -0.3 is 15.0 Å². The summed E-state index contributed by atoms with van der Waals surface area (Å²) in [6, 6.07) is 10.9. The maximum Gasteiger partial charge on any atom is 0.340 e. The number of alkyl halides is 4. The van der Waals surface area contributed by atoms with Crippen molar-refractivity contribution in [3.63, 3.8) is 0 Å². The molecule has 0 atom stereocenters. The molecule has 3 rings (SSSR count). The Hall–Kier alpha value is -2.32. The smallest absolute Gasteiger partial charge is 0.340 e. The third kappa shape index (κ3) is 6.08. The Morgan fingerprint density at radius 3 is 2.66 bits per heavy atom. The molecule has 0 bridgehead atoms. The number of fused-ring (bicyclic) bond motifs is 1. The second-order valence-corrected chi connectivity index (χ2v) is 6.43. The van der Waals surface area contributed by atoms with Crippen molar-refractivity contribution >= 4 is 23.3 Å². The lowest BCUT2D eigenvalue weighted by Gasteiger charge is -2.16. The Balaban J connectivity index is 0.00000300. The molecule has 2 N–H and O–H groups in total. The fourth-order valence-corrected chi connectivity index (χ4v) is 2.81. The zero-order valence-corrected chi connectivity index (χ0v) is 16.0. The highest BCUT2D eigenvalue weighted by atomic mass is 35.5. The summed E-state index contributed by atoms with van der Waals surface area (Å²) in [4.78, 5) is 3.03. The van der Waals surface area contributed by atoms with E-state index in [1.54, 1.807) is 18.2 Å². The van der Waals surface area contributed by atoms with Crippen LogP contribution in [0.2, 0.25) is 0 Å². The van der Waals surface area contributed by atoms with Crippen molar-refractivity contribution in [1.82, 2.24) is 10.3 Å². The molecule has 3 aromatic rings. The molecule has 158 valence electrons. The van der Waals surface area contributed by atoms with Gasteiger partial charge in [-0.1, -0.05) is 12.1 Å². The number of H-pyrrole nitrogens is 1. The van der Waals surface area contributed by atoms with Crippen molar-refractivity contribution in [2.75, 3.05) is 13.2 Å². The van der Waals surface area contributed by atoms with Gasteiger partial charge in [-0.25, -0.2) is 13.2 Å². The van der Waals surface area contributed by atoms with E-state index in [2.05, 4.69) is 10.3 Å². The van der Waals surface area contributed by atoms with Crippen LogP contribution in [0.25, 0.3) is 10.9 Å². The minimum Gasteiger partial charge on any atom is -0.487 e. The highest BCUT2D eigenvalue weighted by molar-refractivity contribution is 5.85. The lowest BCUT2D eigenvalue weighted by molar-refractivity contribution is -0.148. The number of halogens is 6. The van der Waals surface area contributed by atoms with Crippen LogP contribution in [0.3, 0.4) is 0 Å². The van der Waals surface area contributed by atoms with E-state index in [1.807, 2.05) is 6.20 Å². The normalized spacial score (nSPS) is 11.7. The Labute approximate surface area is 170 Å². The molecule has 0 spiro atoms. The first-order chi connectivity index (χ1) is 13.3. The molecule has 0 aliphatic rings. The number of hydrogen-bond donors (Lipinski definition) is 2. The summed E-state index contributed by atoms with van der Waals surface area (Å²) in [6.07, 6.45) is -1.22. The lowest BCUT2D eigenvalue weighted by atomic mass is 10.1. The molecule has 0 aliphatic heterocycles. The summed E-state index contributed by atoms with van der Waals surface area (Å²) >= 11 is 0. The van der Waals surface area contributed by atoms with E-state index in [-0.39, 0.29) is 24.0 Å². The van der Waals surface area contributed by atoms with Gasteiger partial charge >= 0.3 is 12.3 Å². The van der Waals surface area contributed by atoms with Gasteiger partial charge in [0.1, 0.15) is 11.6 Å². The van der Waals surface area contributed by atoms with Crippen LogP contribution >= 0.6 is 12.4 Å². The molecule has 3 nitrogen and oxygen atoms in total. The van der Waals surface area contributed by atoms with Crippen LogP contribution in [0.1, 0.15) is 11.1 Å². The molecule has 0 aliphatic carbocycles. The van der Waals surface area contributed by atoms with E-state index in [1.165, 1.54) is 24.3 Å². The maximum absolute atomic E-state index is 13.2. The van der Waals surface area contributed by atoms with E-state index < -0.39 is 19.0 Å². The summed E-state index contributed by atoms with van der Waals surface area (Å²) < 4.78 is 68.2. The first kappa shape index (κ1) is 23.0. The minimum absolute atomic E-state index is 0. The van der Waals surface area contributed by atoms with E-state index in [0.29, 0.717) is 19.5 Å². The standard InChI is InChI=1S/C20H19F5N2O.ClH/c21-15-4-5-17-14(11-27-18(17)9-15)6-7-26-10-13-2-1-3-16(8-13)28-12-20(24,25)19(22)23;/h1-5,8-9,11,19,26-27H,6-7,10,12H2;1H. The van der Waals surface area contributed by atoms with Crippen LogP contribution in [0.4, 0.5) is 22.0 Å². The van der Waals surface area contributed by atoms with Gasteiger partial charge in [0.2, 0.25) is 0 Å². The average molecular weight is 435 g/mol. The molecule has 0 saturated heterocycles. The van der Waals surface area contributed by atoms with Crippen molar-refractivity contribution in [2.24, 2.45) is 0 Å². The SMILES string of the molecule is Cl.Fc1ccc2c(CCNCc3cccc(OCC(F)(F)C(F)F)c3)c[nH]c2c1. The number of nitrogens with one attached hydrogen (secondary N) is 2. The third-order valence-corrected chi connectivity index (χ3v) is 4.28. The van der Waals surface area contributed by atoms with Crippen molar-refractivity contribution < 1.29 is 26.7 Å². The van der Waals surface area contributed by atoms with Crippen LogP contribution in [0.5, 0.6) is 5.75 Å². The van der Waals surface area contributed by atoms with Gasteiger partial charge in [0.15, 0.2) is 6.61 Å². The number of benzene rings is 2. The van der Waals surface area contributed by atoms with Crippen molar-refractivity contribution in [2.45, 2.75) is 25.3 Å². The summed E-state index contributed by atoms with van der Waals surface area (Å²) in [5.74, 6) is -4.37. The number of aromatic amines is 1. The van der Waals surface area contributed by atoms with Gasteiger partial charge in [-0.2, -0.15) is 8.78 Å². The van der Waals surface area contributed by atoms with E-state index >= 15 is 0 Å². The predicted molar refractivity (Wildman–Crippen MR) is 104 cm³/mol. The zero-order chi connectivity index (χ0) is 20.1. The summed E-state index contributed by atoms with van der Waals surface area (Å²) in [7, 11) is 0. The van der Waals surface area contributed by atoms with E-state index in [0.717, 1.165) is 22.0 Å².